The summed E-state index contributed by atoms with van der Waals surface area (Å²) in [4.78, 5) is 12.0. The zero-order chi connectivity index (χ0) is 18.4. The molecule has 25 heavy (non-hydrogen) atoms. The summed E-state index contributed by atoms with van der Waals surface area (Å²) in [6.07, 6.45) is 0. The number of carbonyl (C=O) groups excluding carboxylic acids is 1. The molecule has 0 unspecified atom stereocenters. The third-order valence-electron chi connectivity index (χ3n) is 3.37. The Balaban J connectivity index is 2.08. The average Bonchev–Trinajstić information content (AvgIpc) is 2.61. The molecule has 0 bridgehead atoms. The van der Waals surface area contributed by atoms with E-state index in [-0.39, 0.29) is 12.1 Å². The second-order valence-electron chi connectivity index (χ2n) is 4.96. The zero-order valence-electron chi connectivity index (χ0n) is 14.0. The quantitative estimate of drug-likeness (QED) is 0.837. The summed E-state index contributed by atoms with van der Waals surface area (Å²) in [5.74, 6) is -0.0582. The molecule has 0 aromatic heterocycles. The Bertz CT molecular complexity index is 743. The van der Waals surface area contributed by atoms with Crippen LogP contribution in [0, 0.1) is 11.6 Å². The Morgan fingerprint density at radius 3 is 2.20 bits per heavy atom. The molecule has 0 atom stereocenters. The maximum atomic E-state index is 13.5. The molecule has 2 aromatic rings. The van der Waals surface area contributed by atoms with E-state index in [1.807, 2.05) is 0 Å². The van der Waals surface area contributed by atoms with Gasteiger partial charge in [0, 0.05) is 24.2 Å². The van der Waals surface area contributed by atoms with Gasteiger partial charge in [-0.1, -0.05) is 0 Å². The van der Waals surface area contributed by atoms with Crippen molar-refractivity contribution in [2.75, 3.05) is 26.6 Å². The van der Waals surface area contributed by atoms with Gasteiger partial charge in [0.2, 0.25) is 5.75 Å². The van der Waals surface area contributed by atoms with Gasteiger partial charge in [0.05, 0.1) is 27.0 Å². The van der Waals surface area contributed by atoms with Crippen molar-refractivity contribution in [1.82, 2.24) is 5.32 Å². The van der Waals surface area contributed by atoms with Crippen LogP contribution in [0.4, 0.5) is 19.3 Å². The van der Waals surface area contributed by atoms with Crippen LogP contribution in [-0.4, -0.2) is 27.4 Å². The third-order valence-corrected chi connectivity index (χ3v) is 3.37. The van der Waals surface area contributed by atoms with E-state index in [0.29, 0.717) is 22.9 Å². The van der Waals surface area contributed by atoms with Crippen molar-refractivity contribution < 1.29 is 27.8 Å². The zero-order valence-corrected chi connectivity index (χ0v) is 14.0. The summed E-state index contributed by atoms with van der Waals surface area (Å²) >= 11 is 0. The lowest BCUT2D eigenvalue weighted by atomic mass is 10.2. The molecule has 0 radical (unpaired) electrons. The molecule has 2 aromatic carbocycles. The van der Waals surface area contributed by atoms with Crippen LogP contribution < -0.4 is 24.8 Å². The molecular formula is C17H18F2N2O4. The molecule has 0 fully saturated rings. The predicted molar refractivity (Wildman–Crippen MR) is 88.3 cm³/mol. The first-order valence-corrected chi connectivity index (χ1v) is 7.27. The van der Waals surface area contributed by atoms with Gasteiger partial charge in [-0.25, -0.2) is 13.6 Å². The highest BCUT2D eigenvalue weighted by molar-refractivity contribution is 5.90. The molecule has 0 spiro atoms. The number of methoxy groups -OCH3 is 3. The largest absolute Gasteiger partial charge is 0.493 e. The highest BCUT2D eigenvalue weighted by Crippen LogP contribution is 2.39. The van der Waals surface area contributed by atoms with E-state index in [0.717, 1.165) is 18.2 Å². The van der Waals surface area contributed by atoms with Gasteiger partial charge in [-0.2, -0.15) is 0 Å². The van der Waals surface area contributed by atoms with Crippen molar-refractivity contribution in [2.24, 2.45) is 0 Å². The summed E-state index contributed by atoms with van der Waals surface area (Å²) < 4.78 is 42.2. The minimum absolute atomic E-state index is 0.0417. The molecular weight excluding hydrogens is 334 g/mol. The number of nitrogens with one attached hydrogen (secondary N) is 2. The Morgan fingerprint density at radius 2 is 1.64 bits per heavy atom. The molecule has 2 rings (SSSR count). The smallest absolute Gasteiger partial charge is 0.319 e. The maximum absolute atomic E-state index is 13.5. The van der Waals surface area contributed by atoms with E-state index in [4.69, 9.17) is 14.2 Å². The number of rotatable bonds is 6. The van der Waals surface area contributed by atoms with Gasteiger partial charge in [-0.3, -0.25) is 0 Å². The second kappa shape index (κ2) is 8.18. The van der Waals surface area contributed by atoms with E-state index in [1.165, 1.54) is 21.3 Å². The van der Waals surface area contributed by atoms with Crippen molar-refractivity contribution in [1.29, 1.82) is 0 Å². The highest BCUT2D eigenvalue weighted by atomic mass is 19.1. The average molecular weight is 352 g/mol. The number of ether oxygens (including phenoxy) is 3. The van der Waals surface area contributed by atoms with Gasteiger partial charge >= 0.3 is 6.03 Å². The third kappa shape index (κ3) is 4.50. The molecule has 0 saturated carbocycles. The standard InChI is InChI=1S/C17H18F2N2O4/c1-23-14-7-12(8-15(24-2)16(14)25-3)21-17(22)20-9-10-6-11(18)4-5-13(10)19/h4-8H,9H2,1-3H3,(H2,20,21,22). The Hall–Kier alpha value is -3.03. The summed E-state index contributed by atoms with van der Waals surface area (Å²) in [6.45, 7) is -0.167. The minimum Gasteiger partial charge on any atom is -0.493 e. The molecule has 2 N–H and O–H groups in total. The van der Waals surface area contributed by atoms with E-state index >= 15 is 0 Å². The van der Waals surface area contributed by atoms with Gasteiger partial charge in [-0.05, 0) is 18.2 Å². The van der Waals surface area contributed by atoms with Gasteiger partial charge in [0.1, 0.15) is 11.6 Å². The lowest BCUT2D eigenvalue weighted by Gasteiger charge is -2.15. The van der Waals surface area contributed by atoms with E-state index in [2.05, 4.69) is 10.6 Å². The van der Waals surface area contributed by atoms with Crippen molar-refractivity contribution in [3.05, 3.63) is 47.5 Å². The highest BCUT2D eigenvalue weighted by Gasteiger charge is 2.14. The molecule has 0 aliphatic heterocycles. The molecule has 0 aliphatic carbocycles. The van der Waals surface area contributed by atoms with E-state index in [1.54, 1.807) is 12.1 Å². The van der Waals surface area contributed by atoms with Crippen molar-refractivity contribution in [3.63, 3.8) is 0 Å². The summed E-state index contributed by atoms with van der Waals surface area (Å²) in [6, 6.07) is 5.53. The van der Waals surface area contributed by atoms with Gasteiger partial charge in [0.25, 0.3) is 0 Å². The fraction of sp³-hybridized carbons (Fsp3) is 0.235. The number of hydrogen-bond donors (Lipinski definition) is 2. The first-order chi connectivity index (χ1) is 12.0. The van der Waals surface area contributed by atoms with Gasteiger partial charge in [-0.15, -0.1) is 0 Å². The predicted octanol–water partition coefficient (Wildman–Crippen LogP) is 3.31. The molecule has 0 aliphatic rings. The molecule has 134 valence electrons. The Morgan fingerprint density at radius 1 is 1.00 bits per heavy atom. The first kappa shape index (κ1) is 18.3. The molecule has 6 nitrogen and oxygen atoms in total. The second-order valence-corrected chi connectivity index (χ2v) is 4.96. The normalized spacial score (nSPS) is 10.1. The van der Waals surface area contributed by atoms with E-state index < -0.39 is 17.7 Å². The number of halogens is 2. The number of benzene rings is 2. The van der Waals surface area contributed by atoms with Crippen LogP contribution in [-0.2, 0) is 6.54 Å². The van der Waals surface area contributed by atoms with Crippen LogP contribution in [0.5, 0.6) is 17.2 Å². The van der Waals surface area contributed by atoms with Crippen molar-refractivity contribution >= 4 is 11.7 Å². The summed E-state index contributed by atoms with van der Waals surface area (Å²) in [7, 11) is 4.37. The fourth-order valence-corrected chi connectivity index (χ4v) is 2.18. The van der Waals surface area contributed by atoms with Crippen molar-refractivity contribution in [2.45, 2.75) is 6.54 Å². The van der Waals surface area contributed by atoms with Crippen LogP contribution in [0.25, 0.3) is 0 Å². The van der Waals surface area contributed by atoms with Crippen LogP contribution in [0.2, 0.25) is 0 Å². The maximum Gasteiger partial charge on any atom is 0.319 e. The summed E-state index contributed by atoms with van der Waals surface area (Å²) in [5, 5.41) is 5.01. The number of amides is 2. The van der Waals surface area contributed by atoms with Crippen LogP contribution in [0.1, 0.15) is 5.56 Å². The first-order valence-electron chi connectivity index (χ1n) is 7.27. The lowest BCUT2D eigenvalue weighted by Crippen LogP contribution is -2.28. The fourth-order valence-electron chi connectivity index (χ4n) is 2.18. The molecule has 0 heterocycles. The molecule has 8 heteroatoms. The minimum atomic E-state index is -0.602. The number of urea groups is 1. The van der Waals surface area contributed by atoms with Gasteiger partial charge < -0.3 is 24.8 Å². The molecule has 2 amide bonds. The lowest BCUT2D eigenvalue weighted by molar-refractivity contribution is 0.251. The number of hydrogen-bond acceptors (Lipinski definition) is 4. The Kier molecular flexibility index (Phi) is 5.99. The molecule has 0 saturated heterocycles. The van der Waals surface area contributed by atoms with Crippen LogP contribution in [0.15, 0.2) is 30.3 Å². The monoisotopic (exact) mass is 352 g/mol. The Labute approximate surface area is 143 Å². The van der Waals surface area contributed by atoms with Crippen LogP contribution in [0.3, 0.4) is 0 Å². The van der Waals surface area contributed by atoms with Crippen LogP contribution >= 0.6 is 0 Å². The topological polar surface area (TPSA) is 68.8 Å². The number of carbonyl (C=O) groups is 1. The summed E-state index contributed by atoms with van der Waals surface area (Å²) in [5.41, 5.74) is 0.423. The SMILES string of the molecule is COc1cc(NC(=O)NCc2cc(F)ccc2F)cc(OC)c1OC. The van der Waals surface area contributed by atoms with Gasteiger partial charge in [0.15, 0.2) is 11.5 Å². The van der Waals surface area contributed by atoms with E-state index in [9.17, 15) is 13.6 Å². The van der Waals surface area contributed by atoms with Crippen molar-refractivity contribution in [3.8, 4) is 17.2 Å². The number of anilines is 1.